The molecule has 0 atom stereocenters. The zero-order valence-corrected chi connectivity index (χ0v) is 9.55. The van der Waals surface area contributed by atoms with Gasteiger partial charge in [0.2, 0.25) is 0 Å². The Balaban J connectivity index is 2.23. The summed E-state index contributed by atoms with van der Waals surface area (Å²) in [5.41, 5.74) is 0.0240. The SMILES string of the molecule is N#Cc1c(F)cc(OC2CCC2)cc1Br. The number of halogens is 2. The first kappa shape index (κ1) is 10.4. The minimum absolute atomic E-state index is 0.0240. The van der Waals surface area contributed by atoms with Gasteiger partial charge in [0, 0.05) is 10.5 Å². The summed E-state index contributed by atoms with van der Waals surface area (Å²) >= 11 is 3.15. The molecule has 15 heavy (non-hydrogen) atoms. The summed E-state index contributed by atoms with van der Waals surface area (Å²) < 4.78 is 19.3. The van der Waals surface area contributed by atoms with Crippen LogP contribution in [0.1, 0.15) is 24.8 Å². The van der Waals surface area contributed by atoms with E-state index in [0.29, 0.717) is 10.2 Å². The van der Waals surface area contributed by atoms with Gasteiger partial charge in [-0.3, -0.25) is 0 Å². The maximum atomic E-state index is 13.4. The van der Waals surface area contributed by atoms with Gasteiger partial charge in [-0.1, -0.05) is 0 Å². The number of rotatable bonds is 2. The molecule has 0 heterocycles. The molecule has 1 aromatic rings. The third-order valence-electron chi connectivity index (χ3n) is 2.48. The Morgan fingerprint density at radius 2 is 2.20 bits per heavy atom. The van der Waals surface area contributed by atoms with Crippen LogP contribution in [0.4, 0.5) is 4.39 Å². The van der Waals surface area contributed by atoms with E-state index < -0.39 is 5.82 Å². The molecule has 1 fully saturated rings. The third-order valence-corrected chi connectivity index (χ3v) is 3.11. The smallest absolute Gasteiger partial charge is 0.145 e. The minimum Gasteiger partial charge on any atom is -0.490 e. The lowest BCUT2D eigenvalue weighted by Gasteiger charge is -2.26. The molecule has 4 heteroatoms. The highest BCUT2D eigenvalue weighted by Crippen LogP contribution is 2.29. The first-order valence-electron chi connectivity index (χ1n) is 4.76. The van der Waals surface area contributed by atoms with Gasteiger partial charge in [0.25, 0.3) is 0 Å². The van der Waals surface area contributed by atoms with Crippen LogP contribution in [-0.4, -0.2) is 6.10 Å². The van der Waals surface area contributed by atoms with Crippen LogP contribution in [0, 0.1) is 17.1 Å². The average molecular weight is 270 g/mol. The van der Waals surface area contributed by atoms with E-state index in [4.69, 9.17) is 10.00 Å². The van der Waals surface area contributed by atoms with Crippen molar-refractivity contribution in [2.45, 2.75) is 25.4 Å². The Labute approximate surface area is 95.8 Å². The Morgan fingerprint density at radius 1 is 1.47 bits per heavy atom. The second-order valence-electron chi connectivity index (χ2n) is 3.54. The molecule has 0 spiro atoms. The lowest BCUT2D eigenvalue weighted by molar-refractivity contribution is 0.120. The quantitative estimate of drug-likeness (QED) is 0.825. The fourth-order valence-corrected chi connectivity index (χ4v) is 1.91. The molecular weight excluding hydrogens is 261 g/mol. The van der Waals surface area contributed by atoms with Crippen LogP contribution in [0.25, 0.3) is 0 Å². The predicted molar refractivity (Wildman–Crippen MR) is 57.1 cm³/mol. The van der Waals surface area contributed by atoms with Crippen LogP contribution in [0.2, 0.25) is 0 Å². The molecule has 0 N–H and O–H groups in total. The van der Waals surface area contributed by atoms with E-state index >= 15 is 0 Å². The Morgan fingerprint density at radius 3 is 2.67 bits per heavy atom. The molecule has 78 valence electrons. The molecule has 1 aliphatic rings. The molecule has 1 aliphatic carbocycles. The molecule has 1 aromatic carbocycles. The fraction of sp³-hybridized carbons (Fsp3) is 0.364. The Hall–Kier alpha value is -1.08. The molecule has 1 saturated carbocycles. The van der Waals surface area contributed by atoms with Crippen molar-refractivity contribution in [2.75, 3.05) is 0 Å². The van der Waals surface area contributed by atoms with Crippen LogP contribution in [0.3, 0.4) is 0 Å². The molecule has 0 aromatic heterocycles. The molecule has 0 bridgehead atoms. The van der Waals surface area contributed by atoms with Gasteiger partial charge in [-0.15, -0.1) is 0 Å². The Kier molecular flexibility index (Phi) is 2.92. The Bertz CT molecular complexity index is 400. The molecular formula is C11H9BrFNO. The van der Waals surface area contributed by atoms with E-state index in [-0.39, 0.29) is 11.7 Å². The van der Waals surface area contributed by atoms with Crippen LogP contribution in [0.5, 0.6) is 5.75 Å². The third kappa shape index (κ3) is 2.13. The van der Waals surface area contributed by atoms with Gasteiger partial charge < -0.3 is 4.74 Å². The van der Waals surface area contributed by atoms with Crippen molar-refractivity contribution in [2.24, 2.45) is 0 Å². The number of nitrogens with zero attached hydrogens (tertiary/aromatic N) is 1. The predicted octanol–water partition coefficient (Wildman–Crippen LogP) is 3.39. The first-order chi connectivity index (χ1) is 7.20. The van der Waals surface area contributed by atoms with E-state index in [1.807, 2.05) is 0 Å². The summed E-state index contributed by atoms with van der Waals surface area (Å²) in [6.07, 6.45) is 3.44. The van der Waals surface area contributed by atoms with E-state index in [2.05, 4.69) is 15.9 Å². The fourth-order valence-electron chi connectivity index (χ4n) is 1.41. The summed E-state index contributed by atoms with van der Waals surface area (Å²) in [5, 5.41) is 8.67. The van der Waals surface area contributed by atoms with Crippen molar-refractivity contribution >= 4 is 15.9 Å². The number of hydrogen-bond acceptors (Lipinski definition) is 2. The van der Waals surface area contributed by atoms with Crippen molar-refractivity contribution in [3.05, 3.63) is 28.0 Å². The van der Waals surface area contributed by atoms with Crippen molar-refractivity contribution in [3.63, 3.8) is 0 Å². The average Bonchev–Trinajstić information content (AvgIpc) is 2.11. The highest BCUT2D eigenvalue weighted by molar-refractivity contribution is 9.10. The zero-order chi connectivity index (χ0) is 10.8. The van der Waals surface area contributed by atoms with E-state index in [1.54, 1.807) is 12.1 Å². The molecule has 0 saturated heterocycles. The van der Waals surface area contributed by atoms with Gasteiger partial charge in [-0.2, -0.15) is 5.26 Å². The molecule has 2 rings (SSSR count). The molecule has 2 nitrogen and oxygen atoms in total. The largest absolute Gasteiger partial charge is 0.490 e. The first-order valence-corrected chi connectivity index (χ1v) is 5.56. The van der Waals surface area contributed by atoms with Gasteiger partial charge in [0.1, 0.15) is 23.2 Å². The van der Waals surface area contributed by atoms with Crippen LogP contribution < -0.4 is 4.74 Å². The van der Waals surface area contributed by atoms with Crippen LogP contribution in [0.15, 0.2) is 16.6 Å². The van der Waals surface area contributed by atoms with Crippen molar-refractivity contribution in [1.29, 1.82) is 5.26 Å². The van der Waals surface area contributed by atoms with Crippen molar-refractivity contribution < 1.29 is 9.13 Å². The summed E-state index contributed by atoms with van der Waals surface area (Å²) in [7, 11) is 0. The molecule has 0 unspecified atom stereocenters. The normalized spacial score (nSPS) is 15.5. The summed E-state index contributed by atoms with van der Waals surface area (Å²) in [4.78, 5) is 0. The number of hydrogen-bond donors (Lipinski definition) is 0. The summed E-state index contributed by atoms with van der Waals surface area (Å²) in [6.45, 7) is 0. The lowest BCUT2D eigenvalue weighted by atomic mass is 9.96. The van der Waals surface area contributed by atoms with E-state index in [0.717, 1.165) is 12.8 Å². The highest BCUT2D eigenvalue weighted by atomic mass is 79.9. The van der Waals surface area contributed by atoms with E-state index in [1.165, 1.54) is 12.5 Å². The van der Waals surface area contributed by atoms with Gasteiger partial charge in [0.05, 0.1) is 6.10 Å². The summed E-state index contributed by atoms with van der Waals surface area (Å²) in [5.74, 6) is -0.0516. The standard InChI is InChI=1S/C11H9BrFNO/c12-10-4-8(15-7-2-1-3-7)5-11(13)9(10)6-14/h4-5,7H,1-3H2. The lowest BCUT2D eigenvalue weighted by Crippen LogP contribution is -2.24. The maximum Gasteiger partial charge on any atom is 0.145 e. The van der Waals surface area contributed by atoms with Crippen LogP contribution >= 0.6 is 15.9 Å². The molecule has 0 amide bonds. The van der Waals surface area contributed by atoms with Gasteiger partial charge in [-0.05, 0) is 41.3 Å². The monoisotopic (exact) mass is 269 g/mol. The second kappa shape index (κ2) is 4.19. The van der Waals surface area contributed by atoms with Crippen LogP contribution in [-0.2, 0) is 0 Å². The second-order valence-corrected chi connectivity index (χ2v) is 4.40. The molecule has 0 aliphatic heterocycles. The maximum absolute atomic E-state index is 13.4. The molecule has 0 radical (unpaired) electrons. The number of benzene rings is 1. The van der Waals surface area contributed by atoms with E-state index in [9.17, 15) is 4.39 Å². The minimum atomic E-state index is -0.541. The summed E-state index contributed by atoms with van der Waals surface area (Å²) in [6, 6.07) is 4.70. The number of ether oxygens (including phenoxy) is 1. The highest BCUT2D eigenvalue weighted by Gasteiger charge is 2.20. The van der Waals surface area contributed by atoms with Gasteiger partial charge in [-0.25, -0.2) is 4.39 Å². The topological polar surface area (TPSA) is 33.0 Å². The van der Waals surface area contributed by atoms with Crippen molar-refractivity contribution in [3.8, 4) is 11.8 Å². The van der Waals surface area contributed by atoms with Crippen molar-refractivity contribution in [1.82, 2.24) is 0 Å². The zero-order valence-electron chi connectivity index (χ0n) is 7.96. The number of nitriles is 1. The van der Waals surface area contributed by atoms with Gasteiger partial charge in [0.15, 0.2) is 0 Å². The van der Waals surface area contributed by atoms with Gasteiger partial charge >= 0.3 is 0 Å².